The summed E-state index contributed by atoms with van der Waals surface area (Å²) in [6.45, 7) is 1.05. The number of nitro benzene ring substituents is 1. The van der Waals surface area contributed by atoms with Gasteiger partial charge in [-0.25, -0.2) is 0 Å². The number of nitro groups is 1. The predicted molar refractivity (Wildman–Crippen MR) is 74.5 cm³/mol. The molecule has 2 N–H and O–H groups in total. The number of aliphatic hydroxyl groups is 1. The molecule has 1 aromatic carbocycles. The molecule has 0 aliphatic carbocycles. The highest BCUT2D eigenvalue weighted by Gasteiger charge is 2.16. The number of methoxy groups -OCH3 is 1. The number of hydrogen-bond acceptors (Lipinski definition) is 6. The summed E-state index contributed by atoms with van der Waals surface area (Å²) in [5, 5.41) is 21.9. The number of carbonyl (C=O) groups excluding carboxylic acids is 1. The first-order valence-corrected chi connectivity index (χ1v) is 6.39. The summed E-state index contributed by atoms with van der Waals surface area (Å²) in [5.41, 5.74) is 0.0974. The Hall–Kier alpha value is -2.19. The number of rotatable bonds is 9. The van der Waals surface area contributed by atoms with Crippen LogP contribution in [0.4, 0.5) is 5.69 Å². The third-order valence-electron chi connectivity index (χ3n) is 2.63. The maximum absolute atomic E-state index is 12.0. The molecule has 0 saturated heterocycles. The van der Waals surface area contributed by atoms with Gasteiger partial charge in [0.25, 0.3) is 11.6 Å². The van der Waals surface area contributed by atoms with E-state index in [9.17, 15) is 14.9 Å². The van der Waals surface area contributed by atoms with E-state index in [0.29, 0.717) is 19.6 Å². The molecule has 1 amide bonds. The third-order valence-corrected chi connectivity index (χ3v) is 2.63. The Bertz CT molecular complexity index is 492. The van der Waals surface area contributed by atoms with Crippen LogP contribution < -0.4 is 10.1 Å². The minimum absolute atomic E-state index is 0.0354. The predicted octanol–water partition coefficient (Wildman–Crippen LogP) is 0.732. The molecule has 1 rings (SSSR count). The van der Waals surface area contributed by atoms with Crippen molar-refractivity contribution in [3.63, 3.8) is 0 Å². The first kappa shape index (κ1) is 16.9. The zero-order valence-electron chi connectivity index (χ0n) is 11.7. The highest BCUT2D eigenvalue weighted by Crippen LogP contribution is 2.24. The number of amides is 1. The lowest BCUT2D eigenvalue weighted by atomic mass is 10.1. The highest BCUT2D eigenvalue weighted by molar-refractivity contribution is 5.97. The van der Waals surface area contributed by atoms with Crippen molar-refractivity contribution >= 4 is 11.6 Å². The number of hydrogen-bond donors (Lipinski definition) is 2. The summed E-state index contributed by atoms with van der Waals surface area (Å²) in [7, 11) is 1.35. The molecule has 8 nitrogen and oxygen atoms in total. The summed E-state index contributed by atoms with van der Waals surface area (Å²) >= 11 is 0. The molecule has 0 saturated carbocycles. The fraction of sp³-hybridized carbons (Fsp3) is 0.462. The molecule has 0 aromatic heterocycles. The number of benzene rings is 1. The van der Waals surface area contributed by atoms with Crippen LogP contribution in [0.2, 0.25) is 0 Å². The van der Waals surface area contributed by atoms with Crippen molar-refractivity contribution in [3.8, 4) is 5.75 Å². The fourth-order valence-corrected chi connectivity index (χ4v) is 1.62. The van der Waals surface area contributed by atoms with Crippen LogP contribution in [0.3, 0.4) is 0 Å². The van der Waals surface area contributed by atoms with Crippen molar-refractivity contribution in [3.05, 3.63) is 33.9 Å². The van der Waals surface area contributed by atoms with Crippen LogP contribution in [-0.2, 0) is 4.74 Å². The molecule has 116 valence electrons. The zero-order valence-corrected chi connectivity index (χ0v) is 11.7. The molecule has 0 radical (unpaired) electrons. The first-order chi connectivity index (χ1) is 10.1. The average Bonchev–Trinajstić information content (AvgIpc) is 2.49. The summed E-state index contributed by atoms with van der Waals surface area (Å²) in [6.07, 6.45) is 0.598. The van der Waals surface area contributed by atoms with Gasteiger partial charge in [-0.15, -0.1) is 0 Å². The van der Waals surface area contributed by atoms with Gasteiger partial charge in [-0.2, -0.15) is 0 Å². The summed E-state index contributed by atoms with van der Waals surface area (Å²) in [5.74, 6) is -0.220. The second-order valence-corrected chi connectivity index (χ2v) is 4.09. The average molecular weight is 298 g/mol. The zero-order chi connectivity index (χ0) is 15.7. The lowest BCUT2D eigenvalue weighted by molar-refractivity contribution is -0.384. The third kappa shape index (κ3) is 5.36. The van der Waals surface area contributed by atoms with E-state index in [0.717, 1.165) is 0 Å². The molecule has 0 atom stereocenters. The van der Waals surface area contributed by atoms with Crippen LogP contribution in [0.1, 0.15) is 16.8 Å². The summed E-state index contributed by atoms with van der Waals surface area (Å²) < 4.78 is 10.1. The Balaban J connectivity index is 2.55. The Morgan fingerprint density at radius 2 is 2.19 bits per heavy atom. The van der Waals surface area contributed by atoms with Gasteiger partial charge in [0.2, 0.25) is 0 Å². The minimum atomic E-state index is -0.553. The van der Waals surface area contributed by atoms with Gasteiger partial charge in [0.15, 0.2) is 0 Å². The monoisotopic (exact) mass is 298 g/mol. The Labute approximate surface area is 121 Å². The Morgan fingerprint density at radius 3 is 2.81 bits per heavy atom. The van der Waals surface area contributed by atoms with Gasteiger partial charge in [0, 0.05) is 19.2 Å². The van der Waals surface area contributed by atoms with Crippen LogP contribution >= 0.6 is 0 Å². The van der Waals surface area contributed by atoms with Crippen molar-refractivity contribution in [1.82, 2.24) is 5.32 Å². The van der Waals surface area contributed by atoms with Crippen molar-refractivity contribution in [2.45, 2.75) is 6.42 Å². The number of nitrogens with zero attached hydrogens (tertiary/aromatic N) is 1. The summed E-state index contributed by atoms with van der Waals surface area (Å²) in [6, 6.07) is 3.82. The smallest absolute Gasteiger partial charge is 0.273 e. The molecule has 0 spiro atoms. The van der Waals surface area contributed by atoms with Crippen LogP contribution in [-0.4, -0.2) is 49.4 Å². The minimum Gasteiger partial charge on any atom is -0.496 e. The van der Waals surface area contributed by atoms with Crippen molar-refractivity contribution in [1.29, 1.82) is 0 Å². The largest absolute Gasteiger partial charge is 0.496 e. The van der Waals surface area contributed by atoms with Crippen molar-refractivity contribution < 1.29 is 24.3 Å². The normalized spacial score (nSPS) is 10.2. The first-order valence-electron chi connectivity index (χ1n) is 6.39. The van der Waals surface area contributed by atoms with E-state index in [1.165, 1.54) is 25.3 Å². The van der Waals surface area contributed by atoms with E-state index in [-0.39, 0.29) is 36.1 Å². The standard InChI is InChI=1S/C13H18N2O6/c1-20-12-9-10(15(18)19)3-4-11(12)13(17)14-5-2-7-21-8-6-16/h3-4,9,16H,2,5-8H2,1H3,(H,14,17). The number of ether oxygens (including phenoxy) is 2. The van der Waals surface area contributed by atoms with E-state index in [2.05, 4.69) is 5.32 Å². The number of non-ortho nitro benzene ring substituents is 1. The maximum Gasteiger partial charge on any atom is 0.273 e. The van der Waals surface area contributed by atoms with Gasteiger partial charge in [-0.3, -0.25) is 14.9 Å². The van der Waals surface area contributed by atoms with Gasteiger partial charge in [0.05, 0.1) is 36.9 Å². The van der Waals surface area contributed by atoms with Gasteiger partial charge in [-0.05, 0) is 12.5 Å². The number of aliphatic hydroxyl groups excluding tert-OH is 1. The second kappa shape index (κ2) is 8.88. The molecular formula is C13H18N2O6. The molecule has 8 heteroatoms. The van der Waals surface area contributed by atoms with Gasteiger partial charge >= 0.3 is 0 Å². The lowest BCUT2D eigenvalue weighted by Crippen LogP contribution is -2.25. The molecule has 1 aromatic rings. The SMILES string of the molecule is COc1cc([N+](=O)[O-])ccc1C(=O)NCCCOCCO. The molecule has 21 heavy (non-hydrogen) atoms. The number of carbonyl (C=O) groups is 1. The Kier molecular flexibility index (Phi) is 7.13. The molecule has 0 aliphatic heterocycles. The van der Waals surface area contributed by atoms with E-state index < -0.39 is 4.92 Å². The van der Waals surface area contributed by atoms with E-state index in [1.54, 1.807) is 0 Å². The van der Waals surface area contributed by atoms with Crippen LogP contribution in [0, 0.1) is 10.1 Å². The van der Waals surface area contributed by atoms with Crippen molar-refractivity contribution in [2.24, 2.45) is 0 Å². The van der Waals surface area contributed by atoms with Gasteiger partial charge in [-0.1, -0.05) is 0 Å². The molecule has 0 bridgehead atoms. The number of nitrogens with one attached hydrogen (secondary N) is 1. The Morgan fingerprint density at radius 1 is 1.43 bits per heavy atom. The van der Waals surface area contributed by atoms with Crippen LogP contribution in [0.15, 0.2) is 18.2 Å². The maximum atomic E-state index is 12.0. The van der Waals surface area contributed by atoms with Gasteiger partial charge < -0.3 is 19.9 Å². The van der Waals surface area contributed by atoms with E-state index in [4.69, 9.17) is 14.6 Å². The van der Waals surface area contributed by atoms with E-state index >= 15 is 0 Å². The quantitative estimate of drug-likeness (QED) is 0.395. The second-order valence-electron chi connectivity index (χ2n) is 4.09. The van der Waals surface area contributed by atoms with Crippen molar-refractivity contribution in [2.75, 3.05) is 33.5 Å². The molecule has 0 heterocycles. The molecule has 0 aliphatic rings. The summed E-state index contributed by atoms with van der Waals surface area (Å²) in [4.78, 5) is 22.1. The highest BCUT2D eigenvalue weighted by atomic mass is 16.6. The fourth-order valence-electron chi connectivity index (χ4n) is 1.62. The van der Waals surface area contributed by atoms with Crippen LogP contribution in [0.5, 0.6) is 5.75 Å². The van der Waals surface area contributed by atoms with E-state index in [1.807, 2.05) is 0 Å². The van der Waals surface area contributed by atoms with Crippen LogP contribution in [0.25, 0.3) is 0 Å². The van der Waals surface area contributed by atoms with Gasteiger partial charge in [0.1, 0.15) is 5.75 Å². The molecule has 0 fully saturated rings. The lowest BCUT2D eigenvalue weighted by Gasteiger charge is -2.09. The molecule has 0 unspecified atom stereocenters. The molecular weight excluding hydrogens is 280 g/mol. The topological polar surface area (TPSA) is 111 Å².